The molecule has 1 aliphatic rings. The molecule has 0 spiro atoms. The van der Waals surface area contributed by atoms with Gasteiger partial charge in [-0.2, -0.15) is 5.10 Å². The summed E-state index contributed by atoms with van der Waals surface area (Å²) < 4.78 is 0. The highest BCUT2D eigenvalue weighted by atomic mass is 35.5. The van der Waals surface area contributed by atoms with Gasteiger partial charge in [0.25, 0.3) is 0 Å². The van der Waals surface area contributed by atoms with Gasteiger partial charge in [0.1, 0.15) is 0 Å². The van der Waals surface area contributed by atoms with E-state index in [2.05, 4.69) is 64.9 Å². The first kappa shape index (κ1) is 19.0. The molecule has 5 heteroatoms. The van der Waals surface area contributed by atoms with Gasteiger partial charge >= 0.3 is 0 Å². The third kappa shape index (κ3) is 4.40. The number of nitrogens with two attached hydrogens (primary N) is 1. The maximum absolute atomic E-state index is 5.82. The predicted molar refractivity (Wildman–Crippen MR) is 109 cm³/mol. The van der Waals surface area contributed by atoms with Crippen LogP contribution in [0.4, 0.5) is 0 Å². The van der Waals surface area contributed by atoms with Crippen LogP contribution < -0.4 is 11.2 Å². The number of nitrogens with zero attached hydrogens (tertiary/aromatic N) is 2. The summed E-state index contributed by atoms with van der Waals surface area (Å²) in [6, 6.07) is 15.1. The number of aliphatic imine (C=N–C) groups is 1. The molecule has 1 aliphatic carbocycles. The van der Waals surface area contributed by atoms with Crippen molar-refractivity contribution in [3.8, 4) is 11.1 Å². The Bertz CT molecular complexity index is 796. The van der Waals surface area contributed by atoms with Crippen molar-refractivity contribution in [2.45, 2.75) is 33.1 Å². The van der Waals surface area contributed by atoms with Gasteiger partial charge in [-0.1, -0.05) is 49.7 Å². The zero-order chi connectivity index (χ0) is 16.9. The molecule has 0 saturated carbocycles. The van der Waals surface area contributed by atoms with Crippen LogP contribution in [0.5, 0.6) is 0 Å². The molecule has 0 heterocycles. The average molecular weight is 357 g/mol. The number of benzene rings is 2. The zero-order valence-corrected chi connectivity index (χ0v) is 15.6. The molecule has 25 heavy (non-hydrogen) atoms. The highest BCUT2D eigenvalue weighted by Gasteiger charge is 2.18. The quantitative estimate of drug-likeness (QED) is 0.313. The van der Waals surface area contributed by atoms with Crippen LogP contribution in [0.25, 0.3) is 11.1 Å². The van der Waals surface area contributed by atoms with E-state index in [1.807, 2.05) is 6.92 Å². The summed E-state index contributed by atoms with van der Waals surface area (Å²) in [4.78, 5) is 4.24. The van der Waals surface area contributed by atoms with Crippen LogP contribution in [0.2, 0.25) is 0 Å². The van der Waals surface area contributed by atoms with Gasteiger partial charge in [-0.05, 0) is 53.6 Å². The lowest BCUT2D eigenvalue weighted by atomic mass is 10.0. The van der Waals surface area contributed by atoms with Gasteiger partial charge in [-0.25, -0.2) is 5.43 Å². The second-order valence-corrected chi connectivity index (χ2v) is 6.14. The van der Waals surface area contributed by atoms with E-state index in [1.54, 1.807) is 0 Å². The Morgan fingerprint density at radius 3 is 2.68 bits per heavy atom. The predicted octanol–water partition coefficient (Wildman–Crippen LogP) is 4.11. The van der Waals surface area contributed by atoms with E-state index in [0.717, 1.165) is 37.1 Å². The fraction of sp³-hybridized carbons (Fsp3) is 0.300. The van der Waals surface area contributed by atoms with Gasteiger partial charge in [-0.3, -0.25) is 4.99 Å². The summed E-state index contributed by atoms with van der Waals surface area (Å²) in [6.07, 6.45) is 3.13. The average Bonchev–Trinajstić information content (AvgIpc) is 2.97. The normalized spacial score (nSPS) is 13.0. The zero-order valence-electron chi connectivity index (χ0n) is 14.7. The molecule has 0 bridgehead atoms. The summed E-state index contributed by atoms with van der Waals surface area (Å²) in [5, 5.41) is 4.36. The fourth-order valence-electron chi connectivity index (χ4n) is 2.97. The standard InChI is InChI=1S/C20H24N4.ClH/c1-3-4-11-22-20(21)24-23-14(2)15-9-10-19-17(12-15)13-16-7-5-6-8-18(16)19;/h5-10,12H,3-4,11,13H2,1-2H3,(H3,21,22,24);1H/b23-14+;. The van der Waals surface area contributed by atoms with Crippen LogP contribution in [-0.2, 0) is 6.42 Å². The monoisotopic (exact) mass is 356 g/mol. The summed E-state index contributed by atoms with van der Waals surface area (Å²) >= 11 is 0. The van der Waals surface area contributed by atoms with E-state index >= 15 is 0 Å². The molecule has 4 nitrogen and oxygen atoms in total. The SMILES string of the molecule is CCCCN=C(N)N/N=C(\C)c1ccc2c(c1)Cc1ccccc1-2.Cl. The van der Waals surface area contributed by atoms with E-state index in [1.165, 1.54) is 22.3 Å². The lowest BCUT2D eigenvalue weighted by Gasteiger charge is -2.06. The second kappa shape index (κ2) is 8.67. The minimum absolute atomic E-state index is 0. The van der Waals surface area contributed by atoms with Gasteiger partial charge < -0.3 is 5.73 Å². The van der Waals surface area contributed by atoms with Crippen LogP contribution in [-0.4, -0.2) is 18.2 Å². The van der Waals surface area contributed by atoms with Crippen molar-refractivity contribution in [2.24, 2.45) is 15.8 Å². The Morgan fingerprint density at radius 1 is 1.12 bits per heavy atom. The molecular weight excluding hydrogens is 332 g/mol. The third-order valence-corrected chi connectivity index (χ3v) is 4.34. The smallest absolute Gasteiger partial charge is 0.209 e. The Morgan fingerprint density at radius 2 is 1.88 bits per heavy atom. The molecular formula is C20H25ClN4. The molecule has 3 rings (SSSR count). The fourth-order valence-corrected chi connectivity index (χ4v) is 2.97. The maximum Gasteiger partial charge on any atom is 0.209 e. The van der Waals surface area contributed by atoms with E-state index < -0.39 is 0 Å². The second-order valence-electron chi connectivity index (χ2n) is 6.14. The first-order chi connectivity index (χ1) is 11.7. The topological polar surface area (TPSA) is 62.8 Å². The maximum atomic E-state index is 5.82. The highest BCUT2D eigenvalue weighted by Crippen LogP contribution is 2.36. The molecule has 132 valence electrons. The van der Waals surface area contributed by atoms with Crippen LogP contribution in [0.15, 0.2) is 52.6 Å². The molecule has 0 fully saturated rings. The molecule has 0 unspecified atom stereocenters. The lowest BCUT2D eigenvalue weighted by molar-refractivity contribution is 0.799. The number of hydrogen-bond acceptors (Lipinski definition) is 2. The number of halogens is 1. The van der Waals surface area contributed by atoms with E-state index in [9.17, 15) is 0 Å². The van der Waals surface area contributed by atoms with Crippen molar-refractivity contribution in [1.82, 2.24) is 5.43 Å². The summed E-state index contributed by atoms with van der Waals surface area (Å²) in [5.41, 5.74) is 16.1. The number of guanidine groups is 1. The Balaban J connectivity index is 0.00000225. The molecule has 0 saturated heterocycles. The molecule has 2 aromatic carbocycles. The molecule has 0 aliphatic heterocycles. The number of fused-ring (bicyclic) bond motifs is 3. The van der Waals surface area contributed by atoms with E-state index in [-0.39, 0.29) is 12.4 Å². The van der Waals surface area contributed by atoms with Crippen molar-refractivity contribution < 1.29 is 0 Å². The molecule has 0 amide bonds. The van der Waals surface area contributed by atoms with Crippen molar-refractivity contribution >= 4 is 24.1 Å². The van der Waals surface area contributed by atoms with Crippen LogP contribution in [0.3, 0.4) is 0 Å². The van der Waals surface area contributed by atoms with E-state index in [0.29, 0.717) is 5.96 Å². The minimum Gasteiger partial charge on any atom is -0.369 e. The Hall–Kier alpha value is -2.33. The number of unbranched alkanes of at least 4 members (excludes halogenated alkanes) is 1. The minimum atomic E-state index is 0. The van der Waals surface area contributed by atoms with E-state index in [4.69, 9.17) is 5.73 Å². The Kier molecular flexibility index (Phi) is 6.59. The number of hydrazone groups is 1. The molecule has 2 aromatic rings. The number of hydrogen-bond donors (Lipinski definition) is 2. The lowest BCUT2D eigenvalue weighted by Crippen LogP contribution is -2.28. The van der Waals surface area contributed by atoms with Gasteiger partial charge in [-0.15, -0.1) is 12.4 Å². The summed E-state index contributed by atoms with van der Waals surface area (Å²) in [7, 11) is 0. The summed E-state index contributed by atoms with van der Waals surface area (Å²) in [6.45, 7) is 4.85. The van der Waals surface area contributed by atoms with Crippen molar-refractivity contribution in [3.05, 3.63) is 59.2 Å². The highest BCUT2D eigenvalue weighted by molar-refractivity contribution is 6.00. The van der Waals surface area contributed by atoms with Crippen LogP contribution >= 0.6 is 12.4 Å². The van der Waals surface area contributed by atoms with Crippen LogP contribution in [0, 0.1) is 0 Å². The molecule has 0 atom stereocenters. The van der Waals surface area contributed by atoms with Crippen molar-refractivity contribution in [3.63, 3.8) is 0 Å². The first-order valence-electron chi connectivity index (χ1n) is 8.51. The summed E-state index contributed by atoms with van der Waals surface area (Å²) in [5.74, 6) is 0.372. The first-order valence-corrected chi connectivity index (χ1v) is 8.51. The third-order valence-electron chi connectivity index (χ3n) is 4.34. The molecule has 3 N–H and O–H groups in total. The Labute approximate surface area is 155 Å². The largest absolute Gasteiger partial charge is 0.369 e. The molecule has 0 radical (unpaired) electrons. The van der Waals surface area contributed by atoms with Gasteiger partial charge in [0.15, 0.2) is 0 Å². The molecule has 0 aromatic heterocycles. The number of rotatable bonds is 5. The van der Waals surface area contributed by atoms with Gasteiger partial charge in [0, 0.05) is 6.54 Å². The van der Waals surface area contributed by atoms with Gasteiger partial charge in [0.05, 0.1) is 5.71 Å². The van der Waals surface area contributed by atoms with Gasteiger partial charge in [0.2, 0.25) is 5.96 Å². The van der Waals surface area contributed by atoms with Crippen molar-refractivity contribution in [2.75, 3.05) is 6.54 Å². The van der Waals surface area contributed by atoms with Crippen LogP contribution in [0.1, 0.15) is 43.4 Å². The number of nitrogens with one attached hydrogen (secondary N) is 1. The van der Waals surface area contributed by atoms with Crippen molar-refractivity contribution in [1.29, 1.82) is 0 Å².